The lowest BCUT2D eigenvalue weighted by molar-refractivity contribution is -0.139. The second-order valence-electron chi connectivity index (χ2n) is 5.53. The van der Waals surface area contributed by atoms with Gasteiger partial charge in [-0.3, -0.25) is 9.59 Å². The molecule has 0 saturated heterocycles. The molecule has 1 aromatic heterocycles. The minimum absolute atomic E-state index is 0.196. The molecule has 126 valence electrons. The van der Waals surface area contributed by atoms with Crippen LogP contribution >= 0.6 is 0 Å². The van der Waals surface area contributed by atoms with E-state index in [2.05, 4.69) is 10.6 Å². The molecular formula is C17H18N2O5. The highest BCUT2D eigenvalue weighted by Crippen LogP contribution is 2.32. The van der Waals surface area contributed by atoms with Gasteiger partial charge in [0.2, 0.25) is 6.79 Å². The van der Waals surface area contributed by atoms with Crippen LogP contribution in [0.2, 0.25) is 0 Å². The third kappa shape index (κ3) is 3.87. The van der Waals surface area contributed by atoms with Crippen LogP contribution in [0.1, 0.15) is 18.2 Å². The molecule has 1 atom stereocenters. The summed E-state index contributed by atoms with van der Waals surface area (Å²) in [6, 6.07) is 8.75. The molecule has 2 amide bonds. The van der Waals surface area contributed by atoms with E-state index in [1.54, 1.807) is 24.5 Å². The molecule has 24 heavy (non-hydrogen) atoms. The highest BCUT2D eigenvalue weighted by molar-refractivity contribution is 6.35. The lowest BCUT2D eigenvalue weighted by Crippen LogP contribution is -2.44. The summed E-state index contributed by atoms with van der Waals surface area (Å²) in [5.41, 5.74) is 0.823. The molecule has 0 bridgehead atoms. The number of fused-ring (bicyclic) bond motifs is 1. The van der Waals surface area contributed by atoms with E-state index in [1.807, 2.05) is 19.1 Å². The van der Waals surface area contributed by atoms with Crippen molar-refractivity contribution in [2.24, 2.45) is 0 Å². The van der Waals surface area contributed by atoms with Gasteiger partial charge in [-0.05, 0) is 36.8 Å². The summed E-state index contributed by atoms with van der Waals surface area (Å²) in [5.74, 6) is 0.713. The SMILES string of the molecule is C[C@@H](Cc1ccco1)NC(=O)C(=O)NCc1ccc2c(c1)OCO2. The molecule has 7 nitrogen and oxygen atoms in total. The molecule has 1 aromatic carbocycles. The molecule has 0 saturated carbocycles. The van der Waals surface area contributed by atoms with Gasteiger partial charge in [-0.25, -0.2) is 0 Å². The first kappa shape index (κ1) is 15.9. The van der Waals surface area contributed by atoms with Crippen LogP contribution in [0.15, 0.2) is 41.0 Å². The Hall–Kier alpha value is -2.96. The zero-order chi connectivity index (χ0) is 16.9. The van der Waals surface area contributed by atoms with Gasteiger partial charge in [-0.15, -0.1) is 0 Å². The van der Waals surface area contributed by atoms with Crippen LogP contribution in [0.25, 0.3) is 0 Å². The Morgan fingerprint density at radius 3 is 2.79 bits per heavy atom. The first-order valence-electron chi connectivity index (χ1n) is 7.61. The van der Waals surface area contributed by atoms with Gasteiger partial charge in [-0.2, -0.15) is 0 Å². The van der Waals surface area contributed by atoms with E-state index in [4.69, 9.17) is 13.9 Å². The number of hydrogen-bond donors (Lipinski definition) is 2. The summed E-state index contributed by atoms with van der Waals surface area (Å²) in [5, 5.41) is 5.22. The van der Waals surface area contributed by atoms with E-state index in [0.29, 0.717) is 17.9 Å². The maximum absolute atomic E-state index is 11.9. The van der Waals surface area contributed by atoms with Gasteiger partial charge >= 0.3 is 11.8 Å². The Morgan fingerprint density at radius 1 is 1.17 bits per heavy atom. The molecule has 1 aliphatic rings. The standard InChI is InChI=1S/C17H18N2O5/c1-11(7-13-3-2-6-22-13)19-17(21)16(20)18-9-12-4-5-14-15(8-12)24-10-23-14/h2-6,8,11H,7,9-10H2,1H3,(H,18,20)(H,19,21)/t11-/m0/s1. The topological polar surface area (TPSA) is 89.8 Å². The van der Waals surface area contributed by atoms with Crippen molar-refractivity contribution in [1.29, 1.82) is 0 Å². The number of benzene rings is 1. The molecular weight excluding hydrogens is 312 g/mol. The van der Waals surface area contributed by atoms with Crippen molar-refractivity contribution in [3.8, 4) is 11.5 Å². The molecule has 0 fully saturated rings. The van der Waals surface area contributed by atoms with Crippen LogP contribution in [-0.4, -0.2) is 24.6 Å². The van der Waals surface area contributed by atoms with Crippen molar-refractivity contribution in [2.45, 2.75) is 25.9 Å². The Bertz CT molecular complexity index is 727. The van der Waals surface area contributed by atoms with Gasteiger partial charge in [0.15, 0.2) is 11.5 Å². The van der Waals surface area contributed by atoms with Crippen LogP contribution in [0.4, 0.5) is 0 Å². The van der Waals surface area contributed by atoms with Gasteiger partial charge in [0.1, 0.15) is 5.76 Å². The molecule has 0 aliphatic carbocycles. The number of nitrogens with one attached hydrogen (secondary N) is 2. The number of furan rings is 1. The fourth-order valence-corrected chi connectivity index (χ4v) is 2.38. The van der Waals surface area contributed by atoms with E-state index in [0.717, 1.165) is 11.3 Å². The second kappa shape index (κ2) is 7.08. The predicted octanol–water partition coefficient (Wildman–Crippen LogP) is 1.37. The van der Waals surface area contributed by atoms with Crippen molar-refractivity contribution in [1.82, 2.24) is 10.6 Å². The monoisotopic (exact) mass is 330 g/mol. The van der Waals surface area contributed by atoms with E-state index in [-0.39, 0.29) is 19.4 Å². The molecule has 2 N–H and O–H groups in total. The maximum Gasteiger partial charge on any atom is 0.309 e. The van der Waals surface area contributed by atoms with Gasteiger partial charge < -0.3 is 24.5 Å². The minimum atomic E-state index is -0.682. The van der Waals surface area contributed by atoms with Crippen LogP contribution in [0.3, 0.4) is 0 Å². The summed E-state index contributed by atoms with van der Waals surface area (Å²) in [6.45, 7) is 2.24. The van der Waals surface area contributed by atoms with Crippen molar-refractivity contribution in [3.05, 3.63) is 47.9 Å². The molecule has 2 aromatic rings. The lowest BCUT2D eigenvalue weighted by atomic mass is 10.2. The molecule has 0 spiro atoms. The van der Waals surface area contributed by atoms with E-state index in [1.165, 1.54) is 0 Å². The Kier molecular flexibility index (Phi) is 4.69. The van der Waals surface area contributed by atoms with Crippen LogP contribution < -0.4 is 20.1 Å². The first-order chi connectivity index (χ1) is 11.6. The number of carbonyl (C=O) groups excluding carboxylic acids is 2. The van der Waals surface area contributed by atoms with Crippen LogP contribution in [0, 0.1) is 0 Å². The summed E-state index contributed by atoms with van der Waals surface area (Å²) in [4.78, 5) is 23.8. The Balaban J connectivity index is 1.46. The van der Waals surface area contributed by atoms with E-state index >= 15 is 0 Å². The van der Waals surface area contributed by atoms with Crippen LogP contribution in [0.5, 0.6) is 11.5 Å². The molecule has 0 radical (unpaired) electrons. The average Bonchev–Trinajstić information content (AvgIpc) is 3.23. The van der Waals surface area contributed by atoms with Crippen LogP contribution in [-0.2, 0) is 22.6 Å². The minimum Gasteiger partial charge on any atom is -0.469 e. The largest absolute Gasteiger partial charge is 0.469 e. The Morgan fingerprint density at radius 2 is 2.00 bits per heavy atom. The zero-order valence-electron chi connectivity index (χ0n) is 13.2. The highest BCUT2D eigenvalue weighted by atomic mass is 16.7. The fourth-order valence-electron chi connectivity index (χ4n) is 2.38. The second-order valence-corrected chi connectivity index (χ2v) is 5.53. The van der Waals surface area contributed by atoms with E-state index in [9.17, 15) is 9.59 Å². The van der Waals surface area contributed by atoms with Crippen molar-refractivity contribution < 1.29 is 23.5 Å². The molecule has 0 unspecified atom stereocenters. The maximum atomic E-state index is 11.9. The third-order valence-electron chi connectivity index (χ3n) is 3.56. The number of hydrogen-bond acceptors (Lipinski definition) is 5. The lowest BCUT2D eigenvalue weighted by Gasteiger charge is -2.12. The molecule has 1 aliphatic heterocycles. The predicted molar refractivity (Wildman–Crippen MR) is 84.4 cm³/mol. The third-order valence-corrected chi connectivity index (χ3v) is 3.56. The summed E-state index contributed by atoms with van der Waals surface area (Å²) >= 11 is 0. The van der Waals surface area contributed by atoms with Gasteiger partial charge in [0, 0.05) is 19.0 Å². The summed E-state index contributed by atoms with van der Waals surface area (Å²) in [6.07, 6.45) is 2.09. The fraction of sp³-hybridized carbons (Fsp3) is 0.294. The van der Waals surface area contributed by atoms with Crippen molar-refractivity contribution in [2.75, 3.05) is 6.79 Å². The van der Waals surface area contributed by atoms with Crippen molar-refractivity contribution in [3.63, 3.8) is 0 Å². The highest BCUT2D eigenvalue weighted by Gasteiger charge is 2.18. The van der Waals surface area contributed by atoms with Gasteiger partial charge in [0.05, 0.1) is 6.26 Å². The van der Waals surface area contributed by atoms with Crippen molar-refractivity contribution >= 4 is 11.8 Å². The summed E-state index contributed by atoms with van der Waals surface area (Å²) in [7, 11) is 0. The molecule has 3 rings (SSSR count). The zero-order valence-corrected chi connectivity index (χ0v) is 13.2. The first-order valence-corrected chi connectivity index (χ1v) is 7.61. The number of rotatable bonds is 5. The quantitative estimate of drug-likeness (QED) is 0.808. The molecule has 2 heterocycles. The smallest absolute Gasteiger partial charge is 0.309 e. The number of ether oxygens (including phenoxy) is 2. The van der Waals surface area contributed by atoms with Gasteiger partial charge in [0.25, 0.3) is 0 Å². The number of amides is 2. The number of carbonyl (C=O) groups is 2. The van der Waals surface area contributed by atoms with Gasteiger partial charge in [-0.1, -0.05) is 6.07 Å². The van der Waals surface area contributed by atoms with E-state index < -0.39 is 11.8 Å². The molecule has 7 heteroatoms. The Labute approximate surface area is 138 Å². The normalized spacial score (nSPS) is 13.4. The summed E-state index contributed by atoms with van der Waals surface area (Å²) < 4.78 is 15.7. The average molecular weight is 330 g/mol.